The molecule has 1 unspecified atom stereocenters. The first-order chi connectivity index (χ1) is 17.8. The number of benzene rings is 3. The molecule has 0 spiro atoms. The molecule has 192 valence electrons. The molecule has 1 heterocycles. The highest BCUT2D eigenvalue weighted by Crippen LogP contribution is 2.53. The third-order valence-electron chi connectivity index (χ3n) is 7.37. The highest BCUT2D eigenvalue weighted by Gasteiger charge is 2.56. The predicted molar refractivity (Wildman–Crippen MR) is 149 cm³/mol. The average Bonchev–Trinajstić information content (AvgIpc) is 3.59. The van der Waals surface area contributed by atoms with Crippen molar-refractivity contribution in [3.05, 3.63) is 93.5 Å². The van der Waals surface area contributed by atoms with Crippen molar-refractivity contribution in [3.63, 3.8) is 0 Å². The number of rotatable bonds is 10. The van der Waals surface area contributed by atoms with Crippen LogP contribution in [0.15, 0.2) is 54.6 Å². The number of terminal acetylenes is 1. The minimum Gasteiger partial charge on any atom is -0.496 e. The number of carbonyl (C=O) groups excluding carboxylic acids is 1. The number of ether oxygens (including phenoxy) is 2. The van der Waals surface area contributed by atoms with Gasteiger partial charge >= 0.3 is 0 Å². The Bertz CT molecular complexity index is 1220. The van der Waals surface area contributed by atoms with Crippen molar-refractivity contribution in [2.75, 3.05) is 14.2 Å². The minimum atomic E-state index is -0.199. The molecule has 0 saturated carbocycles. The molecule has 37 heavy (non-hydrogen) atoms. The van der Waals surface area contributed by atoms with E-state index in [1.807, 2.05) is 18.2 Å². The van der Waals surface area contributed by atoms with E-state index in [1.54, 1.807) is 14.2 Å². The fourth-order valence-corrected chi connectivity index (χ4v) is 5.89. The second kappa shape index (κ2) is 11.2. The quantitative estimate of drug-likeness (QED) is 0.176. The van der Waals surface area contributed by atoms with E-state index in [2.05, 4.69) is 74.9 Å². The molecule has 3 atom stereocenters. The Morgan fingerprint density at radius 1 is 0.892 bits per heavy atom. The van der Waals surface area contributed by atoms with Gasteiger partial charge in [-0.2, -0.15) is 0 Å². The first-order valence-electron chi connectivity index (χ1n) is 12.9. The largest absolute Gasteiger partial charge is 0.496 e. The summed E-state index contributed by atoms with van der Waals surface area (Å²) >= 11 is 0. The molecular weight excluding hydrogens is 458 g/mol. The topological polar surface area (TPSA) is 38.5 Å². The molecule has 1 aliphatic heterocycles. The van der Waals surface area contributed by atoms with E-state index >= 15 is 0 Å². The summed E-state index contributed by atoms with van der Waals surface area (Å²) in [6.07, 6.45) is 7.29. The zero-order valence-electron chi connectivity index (χ0n) is 22.8. The third-order valence-corrected chi connectivity index (χ3v) is 7.37. The standard InChI is InChI=1S/C33H37NO3/c1-8-9-11-16-28(35)31-30(25-14-12-10-13-15-25)34(31)29(26-17-21(2)32(36-6)22(3)18-26)27-19-23(4)33(37-7)24(5)20-27/h1,10,12-15,17-20,29-31H,9,11,16H2,2-7H3/t30-,31+,34?/m1/s1. The van der Waals surface area contributed by atoms with Gasteiger partial charge in [-0.1, -0.05) is 54.6 Å². The maximum Gasteiger partial charge on any atom is 0.152 e. The fourth-order valence-electron chi connectivity index (χ4n) is 5.89. The van der Waals surface area contributed by atoms with Gasteiger partial charge in [0, 0.05) is 12.8 Å². The fraction of sp³-hybridized carbons (Fsp3) is 0.364. The molecule has 0 aromatic heterocycles. The summed E-state index contributed by atoms with van der Waals surface area (Å²) in [7, 11) is 3.42. The van der Waals surface area contributed by atoms with Crippen molar-refractivity contribution in [2.45, 2.75) is 65.1 Å². The van der Waals surface area contributed by atoms with Gasteiger partial charge in [-0.15, -0.1) is 12.3 Å². The van der Waals surface area contributed by atoms with Crippen LogP contribution in [0, 0.1) is 40.0 Å². The van der Waals surface area contributed by atoms with Crippen molar-refractivity contribution in [3.8, 4) is 23.8 Å². The van der Waals surface area contributed by atoms with E-state index in [-0.39, 0.29) is 23.9 Å². The van der Waals surface area contributed by atoms with E-state index in [0.717, 1.165) is 50.4 Å². The lowest BCUT2D eigenvalue weighted by Crippen LogP contribution is -2.19. The third kappa shape index (κ3) is 5.29. The molecule has 1 saturated heterocycles. The SMILES string of the molecule is C#CCCCC(=O)[C@H]1[C@@H](c2ccccc2)N1C(c1cc(C)c(OC)c(C)c1)c1cc(C)c(OC)c(C)c1. The Hall–Kier alpha value is -3.55. The van der Waals surface area contributed by atoms with Gasteiger partial charge in [-0.05, 0) is 73.1 Å². The van der Waals surface area contributed by atoms with Gasteiger partial charge in [0.2, 0.25) is 0 Å². The van der Waals surface area contributed by atoms with E-state index in [4.69, 9.17) is 15.9 Å². The van der Waals surface area contributed by atoms with Crippen LogP contribution in [0.1, 0.15) is 70.3 Å². The summed E-state index contributed by atoms with van der Waals surface area (Å²) in [4.78, 5) is 15.9. The molecule has 4 nitrogen and oxygen atoms in total. The van der Waals surface area contributed by atoms with Gasteiger partial charge in [0.1, 0.15) is 11.5 Å². The van der Waals surface area contributed by atoms with Crippen LogP contribution in [0.4, 0.5) is 0 Å². The molecule has 1 fully saturated rings. The van der Waals surface area contributed by atoms with Crippen LogP contribution in [-0.4, -0.2) is 30.9 Å². The van der Waals surface area contributed by atoms with Crippen molar-refractivity contribution in [1.82, 2.24) is 4.90 Å². The molecule has 0 aliphatic carbocycles. The Labute approximate surface area is 221 Å². The van der Waals surface area contributed by atoms with E-state index < -0.39 is 0 Å². The average molecular weight is 496 g/mol. The van der Waals surface area contributed by atoms with Gasteiger partial charge in [0.25, 0.3) is 0 Å². The number of hydrogen-bond donors (Lipinski definition) is 0. The van der Waals surface area contributed by atoms with Crippen molar-refractivity contribution >= 4 is 5.78 Å². The van der Waals surface area contributed by atoms with Crippen molar-refractivity contribution < 1.29 is 14.3 Å². The minimum absolute atomic E-state index is 0.00923. The molecule has 1 aliphatic rings. The summed E-state index contributed by atoms with van der Waals surface area (Å²) in [5.41, 5.74) is 7.80. The summed E-state index contributed by atoms with van der Waals surface area (Å²) < 4.78 is 11.3. The highest BCUT2D eigenvalue weighted by molar-refractivity contribution is 5.88. The predicted octanol–water partition coefficient (Wildman–Crippen LogP) is 6.82. The lowest BCUT2D eigenvalue weighted by molar-refractivity contribution is -0.119. The highest BCUT2D eigenvalue weighted by atomic mass is 16.5. The van der Waals surface area contributed by atoms with Crippen LogP contribution >= 0.6 is 0 Å². The summed E-state index contributed by atoms with van der Waals surface area (Å²) in [6, 6.07) is 18.9. The lowest BCUT2D eigenvalue weighted by atomic mass is 9.92. The van der Waals surface area contributed by atoms with E-state index in [9.17, 15) is 4.79 Å². The maximum absolute atomic E-state index is 13.6. The van der Waals surface area contributed by atoms with Crippen LogP contribution in [0.2, 0.25) is 0 Å². The Balaban J connectivity index is 1.86. The number of hydrogen-bond acceptors (Lipinski definition) is 4. The van der Waals surface area contributed by atoms with Gasteiger partial charge in [0.15, 0.2) is 5.78 Å². The van der Waals surface area contributed by atoms with Crippen molar-refractivity contribution in [2.24, 2.45) is 0 Å². The monoisotopic (exact) mass is 495 g/mol. The number of aryl methyl sites for hydroxylation is 4. The van der Waals surface area contributed by atoms with Crippen LogP contribution in [0.25, 0.3) is 0 Å². The Morgan fingerprint density at radius 2 is 1.38 bits per heavy atom. The van der Waals surface area contributed by atoms with Crippen LogP contribution in [0.5, 0.6) is 11.5 Å². The molecular formula is C33H37NO3. The van der Waals surface area contributed by atoms with E-state index in [1.165, 1.54) is 0 Å². The maximum atomic E-state index is 13.6. The summed E-state index contributed by atoms with van der Waals surface area (Å²) in [6.45, 7) is 8.32. The lowest BCUT2D eigenvalue weighted by Gasteiger charge is -2.25. The van der Waals surface area contributed by atoms with Crippen LogP contribution < -0.4 is 9.47 Å². The molecule has 0 bridgehead atoms. The molecule has 4 rings (SSSR count). The molecule has 0 radical (unpaired) electrons. The zero-order valence-corrected chi connectivity index (χ0v) is 22.8. The first-order valence-corrected chi connectivity index (χ1v) is 12.9. The van der Waals surface area contributed by atoms with Gasteiger partial charge in [0.05, 0.1) is 32.3 Å². The molecule has 4 heteroatoms. The number of ketones is 1. The molecule has 0 amide bonds. The zero-order chi connectivity index (χ0) is 26.7. The first kappa shape index (κ1) is 26.5. The smallest absolute Gasteiger partial charge is 0.152 e. The second-order valence-corrected chi connectivity index (χ2v) is 10.0. The van der Waals surface area contributed by atoms with Crippen LogP contribution in [0.3, 0.4) is 0 Å². The Kier molecular flexibility index (Phi) is 8.05. The normalized spacial score (nSPS) is 18.4. The second-order valence-electron chi connectivity index (χ2n) is 10.0. The summed E-state index contributed by atoms with van der Waals surface area (Å²) in [5, 5.41) is 0. The van der Waals surface area contributed by atoms with Gasteiger partial charge in [-0.3, -0.25) is 9.69 Å². The van der Waals surface area contributed by atoms with Gasteiger partial charge in [-0.25, -0.2) is 0 Å². The van der Waals surface area contributed by atoms with Crippen molar-refractivity contribution in [1.29, 1.82) is 0 Å². The number of unbranched alkanes of at least 4 members (excludes halogenated alkanes) is 1. The number of carbonyl (C=O) groups is 1. The number of nitrogens with zero attached hydrogens (tertiary/aromatic N) is 1. The summed E-state index contributed by atoms with van der Waals surface area (Å²) in [5.74, 6) is 4.72. The Morgan fingerprint density at radius 3 is 1.81 bits per heavy atom. The molecule has 3 aromatic rings. The van der Waals surface area contributed by atoms with E-state index in [0.29, 0.717) is 19.3 Å². The molecule has 3 aromatic carbocycles. The number of Topliss-reactive ketones (excluding diaryl/α,β-unsaturated/α-hetero) is 1. The molecule has 0 N–H and O–H groups in total. The van der Waals surface area contributed by atoms with Crippen LogP contribution in [-0.2, 0) is 4.79 Å². The van der Waals surface area contributed by atoms with Gasteiger partial charge < -0.3 is 9.47 Å². The number of methoxy groups -OCH3 is 2.